The van der Waals surface area contributed by atoms with Crippen LogP contribution in [0.25, 0.3) is 0 Å². The van der Waals surface area contributed by atoms with Crippen LogP contribution < -0.4 is 11.1 Å². The van der Waals surface area contributed by atoms with E-state index < -0.39 is 0 Å². The van der Waals surface area contributed by atoms with Crippen LogP contribution in [0.5, 0.6) is 0 Å². The fourth-order valence-electron chi connectivity index (χ4n) is 2.64. The number of nitrogens with one attached hydrogen (secondary N) is 1. The van der Waals surface area contributed by atoms with Gasteiger partial charge < -0.3 is 11.1 Å². The van der Waals surface area contributed by atoms with Gasteiger partial charge in [0.25, 0.3) is 0 Å². The highest BCUT2D eigenvalue weighted by molar-refractivity contribution is 7.80. The van der Waals surface area contributed by atoms with Crippen molar-refractivity contribution in [2.45, 2.75) is 38.6 Å². The highest BCUT2D eigenvalue weighted by atomic mass is 32.1. The topological polar surface area (TPSA) is 63.8 Å². The van der Waals surface area contributed by atoms with E-state index in [1.807, 2.05) is 11.6 Å². The molecule has 110 valence electrons. The number of nitrogens with zero attached hydrogens (tertiary/aromatic N) is 2. The molecule has 0 unspecified atom stereocenters. The van der Waals surface area contributed by atoms with E-state index in [9.17, 15) is 0 Å². The number of thiocarbonyl (C=S) groups is 1. The van der Waals surface area contributed by atoms with Crippen LogP contribution in [0.2, 0.25) is 0 Å². The molecule has 0 saturated carbocycles. The lowest BCUT2D eigenvalue weighted by atomic mass is 10.1. The fourth-order valence-corrected chi connectivity index (χ4v) is 3.51. The van der Waals surface area contributed by atoms with Gasteiger partial charge in [0.05, 0.1) is 11.1 Å². The zero-order valence-corrected chi connectivity index (χ0v) is 13.8. The number of rotatable bonds is 4. The lowest BCUT2D eigenvalue weighted by Gasteiger charge is -2.26. The van der Waals surface area contributed by atoms with Gasteiger partial charge in [-0.1, -0.05) is 12.2 Å². The third-order valence-corrected chi connectivity index (χ3v) is 5.03. The maximum Gasteiger partial charge on any atom is 0.137 e. The zero-order chi connectivity index (χ0) is 15.0. The van der Waals surface area contributed by atoms with Gasteiger partial charge in [0.15, 0.2) is 0 Å². The molecular formula is C15H18N4S2. The van der Waals surface area contributed by atoms with E-state index in [2.05, 4.69) is 30.2 Å². The highest BCUT2D eigenvalue weighted by Gasteiger charge is 2.26. The maximum absolute atomic E-state index is 5.88. The number of thiazole rings is 1. The molecule has 0 spiro atoms. The third kappa shape index (κ3) is 2.78. The SMILES string of the molecule is CC(C)(Nc1nc2c(cc1C(N)=S)CCC2)c1nccs1. The molecule has 4 nitrogen and oxygen atoms in total. The first-order chi connectivity index (χ1) is 9.97. The normalized spacial score (nSPS) is 14.0. The second-order valence-electron chi connectivity index (χ2n) is 5.80. The van der Waals surface area contributed by atoms with Gasteiger partial charge in [0.1, 0.15) is 15.8 Å². The van der Waals surface area contributed by atoms with Crippen molar-refractivity contribution in [2.24, 2.45) is 5.73 Å². The van der Waals surface area contributed by atoms with Gasteiger partial charge in [-0.05, 0) is 44.7 Å². The van der Waals surface area contributed by atoms with E-state index >= 15 is 0 Å². The largest absolute Gasteiger partial charge is 0.389 e. The number of aryl methyl sites for hydroxylation is 2. The summed E-state index contributed by atoms with van der Waals surface area (Å²) in [6.45, 7) is 4.17. The Morgan fingerprint density at radius 1 is 1.43 bits per heavy atom. The van der Waals surface area contributed by atoms with Crippen LogP contribution in [0.1, 0.15) is 42.1 Å². The second-order valence-corrected chi connectivity index (χ2v) is 7.13. The maximum atomic E-state index is 5.88. The Labute approximate surface area is 133 Å². The van der Waals surface area contributed by atoms with E-state index in [4.69, 9.17) is 22.9 Å². The van der Waals surface area contributed by atoms with Gasteiger partial charge >= 0.3 is 0 Å². The van der Waals surface area contributed by atoms with Crippen molar-refractivity contribution in [1.29, 1.82) is 0 Å². The third-order valence-electron chi connectivity index (χ3n) is 3.71. The Kier molecular flexibility index (Phi) is 3.67. The van der Waals surface area contributed by atoms with Gasteiger partial charge in [0.2, 0.25) is 0 Å². The summed E-state index contributed by atoms with van der Waals surface area (Å²) >= 11 is 6.82. The first kappa shape index (κ1) is 14.4. The molecule has 2 heterocycles. The number of hydrogen-bond acceptors (Lipinski definition) is 5. The number of anilines is 1. The summed E-state index contributed by atoms with van der Waals surface area (Å²) in [6.07, 6.45) is 5.06. The minimum Gasteiger partial charge on any atom is -0.389 e. The average molecular weight is 318 g/mol. The quantitative estimate of drug-likeness (QED) is 0.849. The van der Waals surface area contributed by atoms with E-state index in [1.54, 1.807) is 11.3 Å². The molecule has 2 aromatic heterocycles. The lowest BCUT2D eigenvalue weighted by Crippen LogP contribution is -2.30. The number of nitrogens with two attached hydrogens (primary N) is 1. The van der Waals surface area contributed by atoms with Crippen molar-refractivity contribution in [1.82, 2.24) is 9.97 Å². The molecule has 0 atom stereocenters. The summed E-state index contributed by atoms with van der Waals surface area (Å²) in [6, 6.07) is 2.10. The number of fused-ring (bicyclic) bond motifs is 1. The van der Waals surface area contributed by atoms with Crippen LogP contribution in [-0.4, -0.2) is 15.0 Å². The summed E-state index contributed by atoms with van der Waals surface area (Å²) in [7, 11) is 0. The molecule has 0 aromatic carbocycles. The van der Waals surface area contributed by atoms with E-state index in [1.165, 1.54) is 5.56 Å². The van der Waals surface area contributed by atoms with Crippen LogP contribution in [0.3, 0.4) is 0 Å². The summed E-state index contributed by atoms with van der Waals surface area (Å²) in [5.41, 5.74) is 8.83. The summed E-state index contributed by atoms with van der Waals surface area (Å²) in [5, 5.41) is 6.46. The lowest BCUT2D eigenvalue weighted by molar-refractivity contribution is 0.600. The van der Waals surface area contributed by atoms with Crippen LogP contribution in [0, 0.1) is 0 Å². The van der Waals surface area contributed by atoms with Crippen LogP contribution in [0.4, 0.5) is 5.82 Å². The summed E-state index contributed by atoms with van der Waals surface area (Å²) in [4.78, 5) is 9.55. The molecule has 0 bridgehead atoms. The van der Waals surface area contributed by atoms with E-state index in [0.717, 1.165) is 41.3 Å². The van der Waals surface area contributed by atoms with Gasteiger partial charge in [-0.2, -0.15) is 0 Å². The molecule has 0 saturated heterocycles. The first-order valence-electron chi connectivity index (χ1n) is 6.98. The Morgan fingerprint density at radius 2 is 2.24 bits per heavy atom. The van der Waals surface area contributed by atoms with Gasteiger partial charge in [-0.15, -0.1) is 11.3 Å². The smallest absolute Gasteiger partial charge is 0.137 e. The van der Waals surface area contributed by atoms with Crippen molar-refractivity contribution >= 4 is 34.4 Å². The fraction of sp³-hybridized carbons (Fsp3) is 0.400. The van der Waals surface area contributed by atoms with Crippen LogP contribution in [0.15, 0.2) is 17.6 Å². The number of hydrogen-bond donors (Lipinski definition) is 2. The minimum atomic E-state index is -0.312. The van der Waals surface area contributed by atoms with Crippen molar-refractivity contribution in [3.63, 3.8) is 0 Å². The standard InChI is InChI=1S/C15H18N4S2/c1-15(2,14-17-6-7-21-14)19-13-10(12(16)20)8-9-4-3-5-11(9)18-13/h6-8H,3-5H2,1-2H3,(H2,16,20)(H,18,19). The predicted octanol–water partition coefficient (Wildman–Crippen LogP) is 3.01. The number of aromatic nitrogens is 2. The molecule has 2 aromatic rings. The second kappa shape index (κ2) is 5.35. The molecule has 6 heteroatoms. The van der Waals surface area contributed by atoms with E-state index in [0.29, 0.717) is 4.99 Å². The van der Waals surface area contributed by atoms with Crippen LogP contribution >= 0.6 is 23.6 Å². The minimum absolute atomic E-state index is 0.312. The molecule has 21 heavy (non-hydrogen) atoms. The highest BCUT2D eigenvalue weighted by Crippen LogP contribution is 2.31. The molecule has 0 fully saturated rings. The van der Waals surface area contributed by atoms with E-state index in [-0.39, 0.29) is 5.54 Å². The van der Waals surface area contributed by atoms with Crippen molar-refractivity contribution in [3.8, 4) is 0 Å². The van der Waals surface area contributed by atoms with Gasteiger partial charge in [-0.25, -0.2) is 9.97 Å². The van der Waals surface area contributed by atoms with Gasteiger partial charge in [-0.3, -0.25) is 0 Å². The van der Waals surface area contributed by atoms with Crippen molar-refractivity contribution < 1.29 is 0 Å². The molecule has 0 aliphatic heterocycles. The van der Waals surface area contributed by atoms with Crippen molar-refractivity contribution in [2.75, 3.05) is 5.32 Å². The molecule has 3 N–H and O–H groups in total. The molecule has 0 radical (unpaired) electrons. The Bertz CT molecular complexity index is 677. The van der Waals surface area contributed by atoms with Crippen molar-refractivity contribution in [3.05, 3.63) is 39.5 Å². The van der Waals surface area contributed by atoms with Gasteiger partial charge in [0, 0.05) is 17.3 Å². The van der Waals surface area contributed by atoms with Crippen LogP contribution in [-0.2, 0) is 18.4 Å². The Hall–Kier alpha value is -1.53. The average Bonchev–Trinajstić information content (AvgIpc) is 3.08. The molecule has 1 aliphatic carbocycles. The molecule has 3 rings (SSSR count). The first-order valence-corrected chi connectivity index (χ1v) is 8.27. The molecule has 1 aliphatic rings. The molecular weight excluding hydrogens is 300 g/mol. The zero-order valence-electron chi connectivity index (χ0n) is 12.1. The molecule has 0 amide bonds. The Balaban J connectivity index is 2.00. The summed E-state index contributed by atoms with van der Waals surface area (Å²) < 4.78 is 0. The monoisotopic (exact) mass is 318 g/mol. The Morgan fingerprint density at radius 3 is 2.90 bits per heavy atom. The predicted molar refractivity (Wildman–Crippen MR) is 90.9 cm³/mol. The summed E-state index contributed by atoms with van der Waals surface area (Å²) in [5.74, 6) is 0.767. The number of pyridine rings is 1.